The first kappa shape index (κ1) is 16.0. The van der Waals surface area contributed by atoms with Gasteiger partial charge < -0.3 is 5.32 Å². The van der Waals surface area contributed by atoms with E-state index in [0.717, 1.165) is 6.26 Å². The van der Waals surface area contributed by atoms with Gasteiger partial charge >= 0.3 is 0 Å². The number of carbonyl (C=O) groups is 1. The van der Waals surface area contributed by atoms with Crippen LogP contribution in [0.3, 0.4) is 0 Å². The van der Waals surface area contributed by atoms with E-state index in [1.807, 2.05) is 0 Å². The first-order valence-electron chi connectivity index (χ1n) is 5.83. The minimum absolute atomic E-state index is 0.200. The Morgan fingerprint density at radius 3 is 2.29 bits per heavy atom. The summed E-state index contributed by atoms with van der Waals surface area (Å²) in [7, 11) is -3.25. The molecule has 7 heteroatoms. The third kappa shape index (κ3) is 4.30. The van der Waals surface area contributed by atoms with E-state index in [2.05, 4.69) is 21.2 Å². The summed E-state index contributed by atoms with van der Waals surface area (Å²) < 4.78 is 23.4. The van der Waals surface area contributed by atoms with Crippen molar-refractivity contribution >= 4 is 49.0 Å². The van der Waals surface area contributed by atoms with Crippen molar-refractivity contribution < 1.29 is 13.2 Å². The third-order valence-corrected chi connectivity index (χ3v) is 4.47. The van der Waals surface area contributed by atoms with Crippen LogP contribution < -0.4 is 5.32 Å². The van der Waals surface area contributed by atoms with E-state index in [4.69, 9.17) is 11.6 Å². The number of nitrogens with one attached hydrogen (secondary N) is 1. The Morgan fingerprint density at radius 1 is 1.14 bits per heavy atom. The van der Waals surface area contributed by atoms with Crippen molar-refractivity contribution in [3.05, 3.63) is 57.5 Å². The topological polar surface area (TPSA) is 63.2 Å². The van der Waals surface area contributed by atoms with E-state index in [1.54, 1.807) is 18.2 Å². The van der Waals surface area contributed by atoms with Gasteiger partial charge in [0.1, 0.15) is 0 Å². The van der Waals surface area contributed by atoms with Crippen molar-refractivity contribution in [2.24, 2.45) is 0 Å². The summed E-state index contributed by atoms with van der Waals surface area (Å²) in [6.07, 6.45) is 1.13. The summed E-state index contributed by atoms with van der Waals surface area (Å²) in [6.45, 7) is 0. The van der Waals surface area contributed by atoms with E-state index in [9.17, 15) is 13.2 Å². The standard InChI is InChI=1S/C14H11BrClNO3S/c1-21(19,20)13-4-2-12(3-5-13)17-14(18)9-6-10(15)8-11(16)7-9/h2-8H,1H3,(H,17,18). The van der Waals surface area contributed by atoms with Crippen molar-refractivity contribution in [3.8, 4) is 0 Å². The van der Waals surface area contributed by atoms with Crippen LogP contribution in [0.5, 0.6) is 0 Å². The highest BCUT2D eigenvalue weighted by Gasteiger charge is 2.10. The molecule has 0 bridgehead atoms. The summed E-state index contributed by atoms with van der Waals surface area (Å²) in [5.41, 5.74) is 0.907. The Balaban J connectivity index is 2.20. The second-order valence-electron chi connectivity index (χ2n) is 4.41. The van der Waals surface area contributed by atoms with Crippen molar-refractivity contribution in [1.29, 1.82) is 0 Å². The average Bonchev–Trinajstić information content (AvgIpc) is 2.37. The molecule has 0 aromatic heterocycles. The van der Waals surface area contributed by atoms with Gasteiger partial charge in [0.25, 0.3) is 5.91 Å². The van der Waals surface area contributed by atoms with Crippen LogP contribution in [0.15, 0.2) is 51.8 Å². The number of benzene rings is 2. The number of rotatable bonds is 3. The average molecular weight is 389 g/mol. The van der Waals surface area contributed by atoms with Crippen molar-refractivity contribution in [1.82, 2.24) is 0 Å². The fraction of sp³-hybridized carbons (Fsp3) is 0.0714. The molecule has 0 unspecified atom stereocenters. The molecule has 0 atom stereocenters. The largest absolute Gasteiger partial charge is 0.322 e. The molecule has 0 spiro atoms. The molecular formula is C14H11BrClNO3S. The number of sulfone groups is 1. The molecule has 0 saturated carbocycles. The SMILES string of the molecule is CS(=O)(=O)c1ccc(NC(=O)c2cc(Cl)cc(Br)c2)cc1. The summed E-state index contributed by atoms with van der Waals surface area (Å²) in [5, 5.41) is 3.12. The van der Waals surface area contributed by atoms with E-state index in [1.165, 1.54) is 24.3 Å². The molecule has 0 heterocycles. The fourth-order valence-corrected chi connectivity index (χ4v) is 3.16. The highest BCUT2D eigenvalue weighted by Crippen LogP contribution is 2.21. The van der Waals surface area contributed by atoms with Gasteiger partial charge in [0, 0.05) is 27.0 Å². The predicted octanol–water partition coefficient (Wildman–Crippen LogP) is 3.76. The molecule has 0 radical (unpaired) electrons. The van der Waals surface area contributed by atoms with E-state index < -0.39 is 9.84 Å². The quantitative estimate of drug-likeness (QED) is 0.871. The zero-order valence-corrected chi connectivity index (χ0v) is 14.1. The molecular weight excluding hydrogens is 378 g/mol. The van der Waals surface area contributed by atoms with Crippen LogP contribution in [0.25, 0.3) is 0 Å². The second-order valence-corrected chi connectivity index (χ2v) is 7.78. The molecule has 21 heavy (non-hydrogen) atoms. The van der Waals surface area contributed by atoms with Crippen LogP contribution in [0, 0.1) is 0 Å². The highest BCUT2D eigenvalue weighted by molar-refractivity contribution is 9.10. The van der Waals surface area contributed by atoms with Crippen LogP contribution in [-0.4, -0.2) is 20.6 Å². The lowest BCUT2D eigenvalue weighted by atomic mass is 10.2. The lowest BCUT2D eigenvalue weighted by Crippen LogP contribution is -2.12. The van der Waals surface area contributed by atoms with Crippen molar-refractivity contribution in [2.75, 3.05) is 11.6 Å². The summed E-state index contributed by atoms with van der Waals surface area (Å²) in [6, 6.07) is 10.8. The lowest BCUT2D eigenvalue weighted by Gasteiger charge is -2.07. The Kier molecular flexibility index (Phi) is 4.70. The fourth-order valence-electron chi connectivity index (χ4n) is 1.67. The van der Waals surface area contributed by atoms with Crippen LogP contribution in [0.1, 0.15) is 10.4 Å². The molecule has 1 amide bonds. The number of anilines is 1. The summed E-state index contributed by atoms with van der Waals surface area (Å²) >= 11 is 9.16. The monoisotopic (exact) mass is 387 g/mol. The van der Waals surface area contributed by atoms with Crippen LogP contribution in [0.2, 0.25) is 5.02 Å². The molecule has 0 aliphatic rings. The van der Waals surface area contributed by atoms with E-state index in [-0.39, 0.29) is 10.8 Å². The predicted molar refractivity (Wildman–Crippen MR) is 86.7 cm³/mol. The minimum atomic E-state index is -3.25. The maximum Gasteiger partial charge on any atom is 0.255 e. The highest BCUT2D eigenvalue weighted by atomic mass is 79.9. The third-order valence-electron chi connectivity index (χ3n) is 2.67. The van der Waals surface area contributed by atoms with Crippen molar-refractivity contribution in [2.45, 2.75) is 4.90 Å². The first-order chi connectivity index (χ1) is 9.75. The molecule has 4 nitrogen and oxygen atoms in total. The minimum Gasteiger partial charge on any atom is -0.322 e. The Bertz CT molecular complexity index is 768. The maximum atomic E-state index is 12.1. The van der Waals surface area contributed by atoms with Gasteiger partial charge in [-0.15, -0.1) is 0 Å². The summed E-state index contributed by atoms with van der Waals surface area (Å²) in [5.74, 6) is -0.328. The molecule has 2 rings (SSSR count). The zero-order chi connectivity index (χ0) is 15.6. The van der Waals surface area contributed by atoms with Gasteiger partial charge in [-0.05, 0) is 42.5 Å². The molecule has 0 fully saturated rings. The first-order valence-corrected chi connectivity index (χ1v) is 8.89. The number of halogens is 2. The molecule has 2 aromatic rings. The van der Waals surface area contributed by atoms with Crippen LogP contribution >= 0.6 is 27.5 Å². The van der Waals surface area contributed by atoms with Gasteiger partial charge in [0.15, 0.2) is 9.84 Å². The van der Waals surface area contributed by atoms with Crippen molar-refractivity contribution in [3.63, 3.8) is 0 Å². The summed E-state index contributed by atoms with van der Waals surface area (Å²) in [4.78, 5) is 12.3. The molecule has 0 aliphatic heterocycles. The number of hydrogen-bond donors (Lipinski definition) is 1. The second kappa shape index (κ2) is 6.17. The lowest BCUT2D eigenvalue weighted by molar-refractivity contribution is 0.102. The van der Waals surface area contributed by atoms with Gasteiger partial charge in [-0.25, -0.2) is 8.42 Å². The number of amides is 1. The van der Waals surface area contributed by atoms with Gasteiger partial charge in [0.2, 0.25) is 0 Å². The molecule has 2 aromatic carbocycles. The molecule has 110 valence electrons. The zero-order valence-electron chi connectivity index (χ0n) is 10.9. The molecule has 0 saturated heterocycles. The van der Waals surface area contributed by atoms with Gasteiger partial charge in [0.05, 0.1) is 4.90 Å². The van der Waals surface area contributed by atoms with Gasteiger partial charge in [-0.1, -0.05) is 27.5 Å². The Hall–Kier alpha value is -1.37. The Morgan fingerprint density at radius 2 is 1.76 bits per heavy atom. The maximum absolute atomic E-state index is 12.1. The smallest absolute Gasteiger partial charge is 0.255 e. The number of hydrogen-bond acceptors (Lipinski definition) is 3. The van der Waals surface area contributed by atoms with E-state index >= 15 is 0 Å². The number of carbonyl (C=O) groups excluding carboxylic acids is 1. The van der Waals surface area contributed by atoms with Crippen LogP contribution in [0.4, 0.5) is 5.69 Å². The van der Waals surface area contributed by atoms with E-state index in [0.29, 0.717) is 20.7 Å². The van der Waals surface area contributed by atoms with Gasteiger partial charge in [-0.2, -0.15) is 0 Å². The Labute approximate surface area is 136 Å². The van der Waals surface area contributed by atoms with Crippen LogP contribution in [-0.2, 0) is 9.84 Å². The molecule has 1 N–H and O–H groups in total. The van der Waals surface area contributed by atoms with Gasteiger partial charge in [-0.3, -0.25) is 4.79 Å². The normalized spacial score (nSPS) is 11.2. The molecule has 0 aliphatic carbocycles.